The lowest BCUT2D eigenvalue weighted by Crippen LogP contribution is -2.38. The summed E-state index contributed by atoms with van der Waals surface area (Å²) in [6.45, 7) is 2.51. The fraction of sp³-hybridized carbons (Fsp3) is 0.500. The van der Waals surface area contributed by atoms with Crippen LogP contribution in [0.1, 0.15) is 19.8 Å². The molecule has 1 aliphatic heterocycles. The number of carbonyl (C=O) groups excluding carboxylic acids is 1. The number of pyridine rings is 1. The molecule has 0 saturated carbocycles. The minimum Gasteiger partial charge on any atom is -0.464 e. The molecule has 1 aliphatic rings. The third-order valence-corrected chi connectivity index (χ3v) is 2.87. The van der Waals surface area contributed by atoms with E-state index in [9.17, 15) is 13.6 Å². The van der Waals surface area contributed by atoms with Crippen LogP contribution in [0.25, 0.3) is 0 Å². The molecule has 0 bridgehead atoms. The Balaban J connectivity index is 2.23. The number of rotatable bonds is 3. The maximum absolute atomic E-state index is 13.6. The quantitative estimate of drug-likeness (QED) is 0.774. The summed E-state index contributed by atoms with van der Waals surface area (Å²) in [7, 11) is 0. The molecule has 1 atom stereocenters. The number of ether oxygens (including phenoxy) is 1. The highest BCUT2D eigenvalue weighted by atomic mass is 19.1. The third kappa shape index (κ3) is 2.42. The number of nitrogens with zero attached hydrogens (tertiary/aromatic N) is 2. The molecule has 6 heteroatoms. The molecule has 1 saturated heterocycles. The van der Waals surface area contributed by atoms with Gasteiger partial charge >= 0.3 is 5.97 Å². The third-order valence-electron chi connectivity index (χ3n) is 2.87. The Morgan fingerprint density at radius 2 is 2.39 bits per heavy atom. The first kappa shape index (κ1) is 12.7. The van der Waals surface area contributed by atoms with Crippen LogP contribution in [-0.4, -0.2) is 30.1 Å². The van der Waals surface area contributed by atoms with Gasteiger partial charge in [-0.25, -0.2) is 18.6 Å². The Morgan fingerprint density at radius 1 is 1.61 bits per heavy atom. The van der Waals surface area contributed by atoms with Crippen molar-refractivity contribution in [1.82, 2.24) is 4.98 Å². The van der Waals surface area contributed by atoms with Gasteiger partial charge in [0.2, 0.25) is 0 Å². The number of aromatic nitrogens is 1. The Hall–Kier alpha value is -1.72. The fourth-order valence-corrected chi connectivity index (χ4v) is 2.12. The predicted octanol–water partition coefficient (Wildman–Crippen LogP) is 1.89. The van der Waals surface area contributed by atoms with Gasteiger partial charge in [0.15, 0.2) is 11.6 Å². The SMILES string of the molecule is CCOC(=O)C1CCCN1c1ncc(F)cc1F. The fourth-order valence-electron chi connectivity index (χ4n) is 2.12. The van der Waals surface area contributed by atoms with Crippen LogP contribution in [0.15, 0.2) is 12.3 Å². The summed E-state index contributed by atoms with van der Waals surface area (Å²) in [5.41, 5.74) is 0. The van der Waals surface area contributed by atoms with E-state index < -0.39 is 17.7 Å². The van der Waals surface area contributed by atoms with Gasteiger partial charge < -0.3 is 9.64 Å². The second-order valence-corrected chi connectivity index (χ2v) is 4.06. The molecule has 0 aromatic carbocycles. The lowest BCUT2D eigenvalue weighted by atomic mass is 10.2. The van der Waals surface area contributed by atoms with Crippen molar-refractivity contribution in [2.24, 2.45) is 0 Å². The van der Waals surface area contributed by atoms with Crippen LogP contribution in [0.2, 0.25) is 0 Å². The summed E-state index contributed by atoms with van der Waals surface area (Å²) < 4.78 is 31.4. The average Bonchev–Trinajstić information content (AvgIpc) is 2.78. The normalized spacial score (nSPS) is 19.1. The highest BCUT2D eigenvalue weighted by Crippen LogP contribution is 2.27. The van der Waals surface area contributed by atoms with Crippen molar-refractivity contribution in [3.8, 4) is 0 Å². The zero-order valence-corrected chi connectivity index (χ0v) is 10.0. The standard InChI is InChI=1S/C12H14F2N2O2/c1-2-18-12(17)10-4-3-5-16(10)11-9(14)6-8(13)7-15-11/h6-7,10H,2-5H2,1H3. The van der Waals surface area contributed by atoms with Gasteiger partial charge in [-0.1, -0.05) is 0 Å². The zero-order valence-electron chi connectivity index (χ0n) is 10.0. The smallest absolute Gasteiger partial charge is 0.328 e. The molecule has 1 unspecified atom stereocenters. The first-order valence-corrected chi connectivity index (χ1v) is 5.87. The van der Waals surface area contributed by atoms with E-state index in [1.54, 1.807) is 6.92 Å². The molecule has 1 aromatic rings. The molecular formula is C12H14F2N2O2. The average molecular weight is 256 g/mol. The Bertz CT molecular complexity index is 454. The molecule has 0 radical (unpaired) electrons. The predicted molar refractivity (Wildman–Crippen MR) is 61.2 cm³/mol. The molecule has 0 N–H and O–H groups in total. The van der Waals surface area contributed by atoms with E-state index in [0.29, 0.717) is 13.0 Å². The van der Waals surface area contributed by atoms with E-state index in [-0.39, 0.29) is 18.4 Å². The van der Waals surface area contributed by atoms with Gasteiger partial charge in [0, 0.05) is 12.6 Å². The number of hydrogen-bond donors (Lipinski definition) is 0. The van der Waals surface area contributed by atoms with Crippen molar-refractivity contribution in [2.75, 3.05) is 18.1 Å². The van der Waals surface area contributed by atoms with Crippen molar-refractivity contribution in [3.63, 3.8) is 0 Å². The van der Waals surface area contributed by atoms with Crippen molar-refractivity contribution < 1.29 is 18.3 Å². The molecule has 1 aromatic heterocycles. The number of carbonyl (C=O) groups is 1. The van der Waals surface area contributed by atoms with Crippen LogP contribution in [0.5, 0.6) is 0 Å². The molecular weight excluding hydrogens is 242 g/mol. The maximum atomic E-state index is 13.6. The van der Waals surface area contributed by atoms with Crippen LogP contribution in [0.4, 0.5) is 14.6 Å². The summed E-state index contributed by atoms with van der Waals surface area (Å²) in [4.78, 5) is 17.0. The van der Waals surface area contributed by atoms with Gasteiger partial charge in [-0.2, -0.15) is 0 Å². The highest BCUT2D eigenvalue weighted by Gasteiger charge is 2.34. The summed E-state index contributed by atoms with van der Waals surface area (Å²) in [5, 5.41) is 0. The van der Waals surface area contributed by atoms with E-state index in [4.69, 9.17) is 4.74 Å². The summed E-state index contributed by atoms with van der Waals surface area (Å²) in [5.74, 6) is -1.87. The minimum atomic E-state index is -0.758. The lowest BCUT2D eigenvalue weighted by molar-refractivity contribution is -0.144. The molecule has 0 aliphatic carbocycles. The van der Waals surface area contributed by atoms with Crippen LogP contribution in [0, 0.1) is 11.6 Å². The Labute approximate surface area is 104 Å². The van der Waals surface area contributed by atoms with Gasteiger partial charge in [-0.3, -0.25) is 0 Å². The first-order valence-electron chi connectivity index (χ1n) is 5.87. The van der Waals surface area contributed by atoms with Crippen molar-refractivity contribution in [2.45, 2.75) is 25.8 Å². The molecule has 4 nitrogen and oxygen atoms in total. The van der Waals surface area contributed by atoms with Gasteiger partial charge in [0.1, 0.15) is 11.9 Å². The molecule has 18 heavy (non-hydrogen) atoms. The van der Waals surface area contributed by atoms with E-state index in [0.717, 1.165) is 18.7 Å². The minimum absolute atomic E-state index is 0.00644. The molecule has 2 rings (SSSR count). The largest absolute Gasteiger partial charge is 0.464 e. The molecule has 1 fully saturated rings. The van der Waals surface area contributed by atoms with Gasteiger partial charge in [0.25, 0.3) is 0 Å². The van der Waals surface area contributed by atoms with E-state index in [1.165, 1.54) is 4.90 Å². The summed E-state index contributed by atoms with van der Waals surface area (Å²) in [6.07, 6.45) is 2.29. The van der Waals surface area contributed by atoms with Gasteiger partial charge in [0.05, 0.1) is 12.8 Å². The Morgan fingerprint density at radius 3 is 3.06 bits per heavy atom. The van der Waals surface area contributed by atoms with Crippen molar-refractivity contribution in [3.05, 3.63) is 23.9 Å². The van der Waals surface area contributed by atoms with Crippen LogP contribution in [-0.2, 0) is 9.53 Å². The van der Waals surface area contributed by atoms with E-state index in [1.807, 2.05) is 0 Å². The van der Waals surface area contributed by atoms with E-state index in [2.05, 4.69) is 4.98 Å². The zero-order chi connectivity index (χ0) is 13.1. The monoisotopic (exact) mass is 256 g/mol. The molecule has 2 heterocycles. The second-order valence-electron chi connectivity index (χ2n) is 4.06. The second kappa shape index (κ2) is 5.29. The topological polar surface area (TPSA) is 42.4 Å². The van der Waals surface area contributed by atoms with E-state index >= 15 is 0 Å². The maximum Gasteiger partial charge on any atom is 0.328 e. The lowest BCUT2D eigenvalue weighted by Gasteiger charge is -2.24. The van der Waals surface area contributed by atoms with Gasteiger partial charge in [-0.05, 0) is 19.8 Å². The number of anilines is 1. The van der Waals surface area contributed by atoms with Crippen LogP contribution < -0.4 is 4.90 Å². The summed E-state index contributed by atoms with van der Waals surface area (Å²) in [6, 6.07) is 0.237. The molecule has 0 amide bonds. The van der Waals surface area contributed by atoms with Crippen molar-refractivity contribution >= 4 is 11.8 Å². The number of esters is 1. The van der Waals surface area contributed by atoms with Crippen LogP contribution >= 0.6 is 0 Å². The molecule has 98 valence electrons. The van der Waals surface area contributed by atoms with Gasteiger partial charge in [-0.15, -0.1) is 0 Å². The highest BCUT2D eigenvalue weighted by molar-refractivity contribution is 5.80. The number of halogens is 2. The molecule has 0 spiro atoms. The van der Waals surface area contributed by atoms with Crippen LogP contribution in [0.3, 0.4) is 0 Å². The summed E-state index contributed by atoms with van der Waals surface area (Å²) >= 11 is 0. The van der Waals surface area contributed by atoms with Crippen molar-refractivity contribution in [1.29, 1.82) is 0 Å². The number of hydrogen-bond acceptors (Lipinski definition) is 4. The first-order chi connectivity index (χ1) is 8.63. The Kier molecular flexibility index (Phi) is 3.74.